The molecule has 0 spiro atoms. The summed E-state index contributed by atoms with van der Waals surface area (Å²) in [6.07, 6.45) is 3.17. The van der Waals surface area contributed by atoms with Gasteiger partial charge in [-0.15, -0.1) is 0 Å². The fraction of sp³-hybridized carbons (Fsp3) is 0.333. The number of methoxy groups -OCH3 is 1. The molecule has 2 aliphatic rings. The number of H-pyrrole nitrogens is 1. The van der Waals surface area contributed by atoms with Gasteiger partial charge >= 0.3 is 5.97 Å². The Morgan fingerprint density at radius 2 is 1.89 bits per heavy atom. The van der Waals surface area contributed by atoms with Crippen LogP contribution in [0.2, 0.25) is 0 Å². The molecule has 2 aromatic carbocycles. The van der Waals surface area contributed by atoms with Gasteiger partial charge in [0, 0.05) is 43.8 Å². The summed E-state index contributed by atoms with van der Waals surface area (Å²) in [4.78, 5) is 48.4. The van der Waals surface area contributed by atoms with Gasteiger partial charge in [-0.3, -0.25) is 14.5 Å². The summed E-state index contributed by atoms with van der Waals surface area (Å²) in [5.41, 5.74) is 0.290. The summed E-state index contributed by atoms with van der Waals surface area (Å²) < 4.78 is 22.2. The normalized spacial score (nSPS) is 16.3. The Hall–Kier alpha value is -4.25. The van der Waals surface area contributed by atoms with Crippen LogP contribution in [0.4, 0.5) is 10.1 Å². The molecular weight excluding hydrogens is 493 g/mol. The summed E-state index contributed by atoms with van der Waals surface area (Å²) in [6.45, 7) is 2.77. The Morgan fingerprint density at radius 1 is 1.13 bits per heavy atom. The van der Waals surface area contributed by atoms with Gasteiger partial charge in [0.2, 0.25) is 5.43 Å². The van der Waals surface area contributed by atoms with Gasteiger partial charge in [-0.25, -0.2) is 14.2 Å². The summed E-state index contributed by atoms with van der Waals surface area (Å²) in [7, 11) is 1.54. The lowest BCUT2D eigenvalue weighted by Gasteiger charge is -2.36. The predicted molar refractivity (Wildman–Crippen MR) is 140 cm³/mol. The van der Waals surface area contributed by atoms with E-state index in [4.69, 9.17) is 4.74 Å². The van der Waals surface area contributed by atoms with Crippen LogP contribution in [0.1, 0.15) is 35.1 Å². The second kappa shape index (κ2) is 9.25. The van der Waals surface area contributed by atoms with E-state index in [1.54, 1.807) is 35.9 Å². The summed E-state index contributed by atoms with van der Waals surface area (Å²) in [5.74, 6) is -0.718. The van der Waals surface area contributed by atoms with Gasteiger partial charge in [0.05, 0.1) is 35.8 Å². The molecule has 1 saturated carbocycles. The van der Waals surface area contributed by atoms with E-state index < -0.39 is 17.2 Å². The Bertz CT molecular complexity index is 1700. The fourth-order valence-corrected chi connectivity index (χ4v) is 5.13. The van der Waals surface area contributed by atoms with Crippen molar-refractivity contribution in [1.82, 2.24) is 19.4 Å². The van der Waals surface area contributed by atoms with Crippen LogP contribution in [0.3, 0.4) is 0 Å². The van der Waals surface area contributed by atoms with Crippen LogP contribution in [0, 0.1) is 5.82 Å². The first-order chi connectivity index (χ1) is 18.3. The highest BCUT2D eigenvalue weighted by Crippen LogP contribution is 2.38. The number of aromatic amines is 1. The number of nitrogens with one attached hydrogen (secondary N) is 1. The van der Waals surface area contributed by atoms with E-state index in [-0.39, 0.29) is 22.6 Å². The zero-order chi connectivity index (χ0) is 26.6. The number of hydrogen-bond donors (Lipinski definition) is 2. The molecule has 196 valence electrons. The minimum absolute atomic E-state index is 0.0839. The molecule has 0 atom stereocenters. The van der Waals surface area contributed by atoms with Crippen molar-refractivity contribution in [2.45, 2.75) is 25.4 Å². The van der Waals surface area contributed by atoms with Crippen molar-refractivity contribution < 1.29 is 19.0 Å². The highest BCUT2D eigenvalue weighted by Gasteiger charge is 2.28. The van der Waals surface area contributed by atoms with Gasteiger partial charge in [0.15, 0.2) is 0 Å². The number of aromatic carboxylic acids is 1. The number of carboxylic acid groups (broad SMARTS) is 1. The van der Waals surface area contributed by atoms with Crippen LogP contribution in [0.25, 0.3) is 21.8 Å². The number of fused-ring (bicyclic) bond motifs is 2. The molecule has 0 radical (unpaired) electrons. The number of hydrogen-bond acceptors (Lipinski definition) is 7. The van der Waals surface area contributed by atoms with Crippen LogP contribution < -0.4 is 20.6 Å². The van der Waals surface area contributed by atoms with Crippen LogP contribution >= 0.6 is 0 Å². The molecule has 11 heteroatoms. The van der Waals surface area contributed by atoms with Gasteiger partial charge in [0.1, 0.15) is 23.0 Å². The van der Waals surface area contributed by atoms with Crippen LogP contribution in [-0.2, 0) is 6.54 Å². The maximum Gasteiger partial charge on any atom is 0.341 e. The topological polar surface area (TPSA) is 121 Å². The molecule has 1 aliphatic carbocycles. The highest BCUT2D eigenvalue weighted by atomic mass is 19.1. The molecule has 3 heterocycles. The molecule has 0 amide bonds. The number of halogens is 1. The molecule has 0 bridgehead atoms. The van der Waals surface area contributed by atoms with Crippen molar-refractivity contribution in [3.05, 3.63) is 74.3 Å². The van der Waals surface area contributed by atoms with E-state index >= 15 is 4.39 Å². The number of ether oxygens (including phenoxy) is 1. The van der Waals surface area contributed by atoms with Crippen molar-refractivity contribution in [1.29, 1.82) is 0 Å². The van der Waals surface area contributed by atoms with E-state index in [2.05, 4.69) is 14.9 Å². The molecule has 4 aromatic rings. The second-order valence-corrected chi connectivity index (χ2v) is 9.80. The molecule has 38 heavy (non-hydrogen) atoms. The minimum Gasteiger partial charge on any atom is -0.497 e. The molecule has 1 saturated heterocycles. The van der Waals surface area contributed by atoms with Gasteiger partial charge in [-0.2, -0.15) is 0 Å². The molecular formula is C27H26FN5O5. The lowest BCUT2D eigenvalue weighted by Crippen LogP contribution is -2.46. The largest absolute Gasteiger partial charge is 0.497 e. The Morgan fingerprint density at radius 3 is 2.58 bits per heavy atom. The predicted octanol–water partition coefficient (Wildman–Crippen LogP) is 2.74. The monoisotopic (exact) mass is 519 g/mol. The molecule has 2 aromatic heterocycles. The number of piperazine rings is 1. The van der Waals surface area contributed by atoms with Crippen molar-refractivity contribution in [3.63, 3.8) is 0 Å². The zero-order valence-electron chi connectivity index (χ0n) is 20.7. The first-order valence-corrected chi connectivity index (χ1v) is 12.5. The highest BCUT2D eigenvalue weighted by molar-refractivity contribution is 5.93. The number of carboxylic acids is 1. The van der Waals surface area contributed by atoms with E-state index in [0.717, 1.165) is 12.8 Å². The van der Waals surface area contributed by atoms with Crippen molar-refractivity contribution in [2.75, 3.05) is 38.2 Å². The van der Waals surface area contributed by atoms with E-state index in [1.807, 2.05) is 4.90 Å². The smallest absolute Gasteiger partial charge is 0.341 e. The zero-order valence-corrected chi connectivity index (χ0v) is 20.7. The number of anilines is 1. The standard InChI is InChI=1S/C27H26FN5O5/c1-38-16-4-5-21-17(10-16)26(35)30-24(29-21)14-31-6-8-32(9-7-31)23-12-22-18(11-20(23)28)25(34)19(27(36)37)13-33(22)15-2-3-15/h4-5,10-13,15H,2-3,6-9,14H2,1H3,(H,36,37)(H,29,30,35). The maximum absolute atomic E-state index is 15.2. The van der Waals surface area contributed by atoms with Crippen LogP contribution in [0.15, 0.2) is 46.1 Å². The first kappa shape index (κ1) is 24.1. The van der Waals surface area contributed by atoms with Gasteiger partial charge in [-0.1, -0.05) is 0 Å². The first-order valence-electron chi connectivity index (χ1n) is 12.5. The Balaban J connectivity index is 1.23. The third-order valence-corrected chi connectivity index (χ3v) is 7.32. The SMILES string of the molecule is COc1ccc2nc(CN3CCN(c4cc5c(cc4F)c(=O)c(C(=O)O)cn5C4CC4)CC3)[nH]c(=O)c2c1. The van der Waals surface area contributed by atoms with Gasteiger partial charge in [-0.05, 0) is 43.2 Å². The Kier molecular flexibility index (Phi) is 5.87. The van der Waals surface area contributed by atoms with E-state index in [0.29, 0.717) is 66.4 Å². The van der Waals surface area contributed by atoms with Crippen molar-refractivity contribution in [3.8, 4) is 5.75 Å². The van der Waals surface area contributed by atoms with Crippen molar-refractivity contribution in [2.24, 2.45) is 0 Å². The average molecular weight is 520 g/mol. The summed E-state index contributed by atoms with van der Waals surface area (Å²) in [5, 5.41) is 10.00. The van der Waals surface area contributed by atoms with Crippen LogP contribution in [0.5, 0.6) is 5.75 Å². The van der Waals surface area contributed by atoms with E-state index in [1.165, 1.54) is 12.3 Å². The number of benzene rings is 2. The molecule has 1 aliphatic heterocycles. The molecule has 2 N–H and O–H groups in total. The second-order valence-electron chi connectivity index (χ2n) is 9.80. The lowest BCUT2D eigenvalue weighted by atomic mass is 10.1. The van der Waals surface area contributed by atoms with E-state index in [9.17, 15) is 19.5 Å². The fourth-order valence-electron chi connectivity index (χ4n) is 5.13. The van der Waals surface area contributed by atoms with Crippen LogP contribution in [-0.4, -0.2) is 63.8 Å². The minimum atomic E-state index is -1.31. The quantitative estimate of drug-likeness (QED) is 0.399. The summed E-state index contributed by atoms with van der Waals surface area (Å²) >= 11 is 0. The van der Waals surface area contributed by atoms with Gasteiger partial charge in [0.25, 0.3) is 5.56 Å². The average Bonchev–Trinajstić information content (AvgIpc) is 3.75. The van der Waals surface area contributed by atoms with Gasteiger partial charge < -0.3 is 24.3 Å². The van der Waals surface area contributed by atoms with Crippen molar-refractivity contribution >= 4 is 33.5 Å². The number of aromatic nitrogens is 3. The summed E-state index contributed by atoms with van der Waals surface area (Å²) in [6, 6.07) is 8.14. The maximum atomic E-state index is 15.2. The Labute approximate surface area is 215 Å². The number of rotatable bonds is 6. The number of pyridine rings is 1. The molecule has 2 fully saturated rings. The number of nitrogens with zero attached hydrogens (tertiary/aromatic N) is 4. The molecule has 6 rings (SSSR count). The lowest BCUT2D eigenvalue weighted by molar-refractivity contribution is 0.0695. The number of carbonyl (C=O) groups is 1. The third kappa shape index (κ3) is 4.28. The molecule has 0 unspecified atom stereocenters. The third-order valence-electron chi connectivity index (χ3n) is 7.32. The molecule has 10 nitrogen and oxygen atoms in total.